The zero-order chi connectivity index (χ0) is 19.6. The molecule has 0 aliphatic carbocycles. The van der Waals surface area contributed by atoms with Crippen molar-refractivity contribution < 1.29 is 27.3 Å². The van der Waals surface area contributed by atoms with Crippen molar-refractivity contribution in [3.8, 4) is 0 Å². The second-order valence-electron chi connectivity index (χ2n) is 4.61. The first-order chi connectivity index (χ1) is 12.1. The lowest BCUT2D eigenvalue weighted by molar-refractivity contribution is -0.394. The molecule has 0 bridgehead atoms. The van der Waals surface area contributed by atoms with Crippen molar-refractivity contribution in [3.05, 3.63) is 43.4 Å². The van der Waals surface area contributed by atoms with E-state index < -0.39 is 50.1 Å². The van der Waals surface area contributed by atoms with Gasteiger partial charge in [-0.15, -0.1) is 0 Å². The average molecular weight is 440 g/mol. The monoisotopic (exact) mass is 439 g/mol. The number of amides is 1. The van der Waals surface area contributed by atoms with Gasteiger partial charge in [-0.25, -0.2) is 23.0 Å². The molecule has 0 aliphatic heterocycles. The molecule has 26 heavy (non-hydrogen) atoms. The van der Waals surface area contributed by atoms with E-state index in [1.54, 1.807) is 5.43 Å². The second-order valence-corrected chi connectivity index (χ2v) is 5.40. The van der Waals surface area contributed by atoms with Crippen molar-refractivity contribution in [2.24, 2.45) is 5.10 Å². The number of hydrogen-bond donors (Lipinski definition) is 1. The van der Waals surface area contributed by atoms with Gasteiger partial charge < -0.3 is 10.1 Å². The van der Waals surface area contributed by atoms with Gasteiger partial charge in [0.1, 0.15) is 12.1 Å². The lowest BCUT2D eigenvalue weighted by Crippen LogP contribution is -2.24. The maximum atomic E-state index is 13.7. The van der Waals surface area contributed by atoms with Gasteiger partial charge in [-0.3, -0.25) is 4.79 Å². The molecule has 138 valence electrons. The molecule has 0 saturated heterocycles. The highest BCUT2D eigenvalue weighted by Gasteiger charge is 2.28. The Bertz CT molecular complexity index is 904. The second kappa shape index (κ2) is 7.51. The Morgan fingerprint density at radius 1 is 1.27 bits per heavy atom. The predicted molar refractivity (Wildman–Crippen MR) is 79.0 cm³/mol. The topological polar surface area (TPSA) is 128 Å². The van der Waals surface area contributed by atoms with Crippen molar-refractivity contribution in [2.45, 2.75) is 13.5 Å². The number of rotatable bonds is 5. The van der Waals surface area contributed by atoms with E-state index in [2.05, 4.69) is 36.4 Å². The Balaban J connectivity index is 2.17. The zero-order valence-electron chi connectivity index (χ0n) is 12.5. The van der Waals surface area contributed by atoms with Gasteiger partial charge in [0.2, 0.25) is 0 Å². The molecule has 0 unspecified atom stereocenters. The highest BCUT2D eigenvalue weighted by Crippen LogP contribution is 2.28. The van der Waals surface area contributed by atoms with E-state index in [0.717, 1.165) is 4.80 Å². The number of nitro groups is 1. The SMILES string of the molecule is C/C(Cn1nnc([N+](=O)[O-])n1)=N/NC(=O)c1c(F)c(F)c(Br)c(F)c1F. The van der Waals surface area contributed by atoms with Gasteiger partial charge in [0, 0.05) is 5.21 Å². The number of carbonyl (C=O) groups is 1. The quantitative estimate of drug-likeness (QED) is 0.188. The fourth-order valence-corrected chi connectivity index (χ4v) is 1.97. The van der Waals surface area contributed by atoms with Gasteiger partial charge >= 0.3 is 5.95 Å². The Morgan fingerprint density at radius 2 is 1.85 bits per heavy atom. The Morgan fingerprint density at radius 3 is 2.35 bits per heavy atom. The molecule has 0 radical (unpaired) electrons. The Labute approximate surface area is 149 Å². The molecule has 0 saturated carbocycles. The molecule has 0 atom stereocenters. The molecule has 1 N–H and O–H groups in total. The minimum Gasteiger partial charge on any atom is -0.390 e. The first kappa shape index (κ1) is 19.4. The van der Waals surface area contributed by atoms with E-state index in [9.17, 15) is 32.5 Å². The molecular weight excluding hydrogens is 434 g/mol. The molecule has 2 aromatic rings. The minimum absolute atomic E-state index is 0.0320. The molecule has 1 aromatic carbocycles. The van der Waals surface area contributed by atoms with Crippen molar-refractivity contribution in [1.82, 2.24) is 25.6 Å². The molecular formula is C11H6BrF4N7O3. The van der Waals surface area contributed by atoms with Crippen LogP contribution in [0.25, 0.3) is 0 Å². The molecule has 15 heteroatoms. The van der Waals surface area contributed by atoms with E-state index in [-0.39, 0.29) is 12.3 Å². The normalized spacial score (nSPS) is 11.5. The number of tetrazole rings is 1. The van der Waals surface area contributed by atoms with Gasteiger partial charge in [-0.1, -0.05) is 4.80 Å². The van der Waals surface area contributed by atoms with Crippen LogP contribution >= 0.6 is 15.9 Å². The van der Waals surface area contributed by atoms with Crippen LogP contribution in [0.4, 0.5) is 23.5 Å². The van der Waals surface area contributed by atoms with E-state index in [1.165, 1.54) is 6.92 Å². The average Bonchev–Trinajstić information content (AvgIpc) is 3.05. The van der Waals surface area contributed by atoms with Crippen molar-refractivity contribution in [3.63, 3.8) is 0 Å². The van der Waals surface area contributed by atoms with Gasteiger partial charge in [-0.2, -0.15) is 5.10 Å². The van der Waals surface area contributed by atoms with Crippen LogP contribution in [0.5, 0.6) is 0 Å². The first-order valence-electron chi connectivity index (χ1n) is 6.40. The largest absolute Gasteiger partial charge is 0.514 e. The molecule has 1 aromatic heterocycles. The fourth-order valence-electron chi connectivity index (χ4n) is 1.62. The highest BCUT2D eigenvalue weighted by molar-refractivity contribution is 9.10. The summed E-state index contributed by atoms with van der Waals surface area (Å²) in [5, 5.41) is 23.7. The third kappa shape index (κ3) is 3.81. The van der Waals surface area contributed by atoms with Gasteiger partial charge in [0.05, 0.1) is 20.4 Å². The summed E-state index contributed by atoms with van der Waals surface area (Å²) in [5.74, 6) is -9.71. The standard InChI is InChI=1S/C11H6BrF4N7O3/c1-3(2-22-20-11(19-21-22)23(25)26)17-18-10(24)4-6(13)8(15)5(12)9(16)7(4)14/h2H2,1H3,(H,18,24)/b17-3-. The molecule has 1 heterocycles. The highest BCUT2D eigenvalue weighted by atomic mass is 79.9. The Kier molecular flexibility index (Phi) is 5.59. The number of hydrazone groups is 1. The van der Waals surface area contributed by atoms with Gasteiger partial charge in [-0.05, 0) is 27.8 Å². The van der Waals surface area contributed by atoms with Gasteiger partial charge in [0.15, 0.2) is 23.3 Å². The van der Waals surface area contributed by atoms with E-state index in [0.29, 0.717) is 0 Å². The molecule has 0 spiro atoms. The first-order valence-corrected chi connectivity index (χ1v) is 7.19. The number of nitrogens with one attached hydrogen (secondary N) is 1. The van der Waals surface area contributed by atoms with E-state index >= 15 is 0 Å². The number of halogens is 5. The van der Waals surface area contributed by atoms with Crippen LogP contribution in [0.15, 0.2) is 9.57 Å². The lowest BCUT2D eigenvalue weighted by atomic mass is 10.1. The van der Waals surface area contributed by atoms with Crippen LogP contribution in [0, 0.1) is 33.4 Å². The number of carbonyl (C=O) groups excluding carboxylic acids is 1. The third-order valence-electron chi connectivity index (χ3n) is 2.76. The number of nitrogens with zero attached hydrogens (tertiary/aromatic N) is 6. The summed E-state index contributed by atoms with van der Waals surface area (Å²) in [7, 11) is 0. The van der Waals surface area contributed by atoms with Crippen molar-refractivity contribution >= 4 is 33.5 Å². The number of aromatic nitrogens is 4. The van der Waals surface area contributed by atoms with Crippen LogP contribution in [0.1, 0.15) is 17.3 Å². The predicted octanol–water partition coefficient (Wildman–Crippen LogP) is 1.71. The van der Waals surface area contributed by atoms with Crippen LogP contribution in [0.2, 0.25) is 0 Å². The van der Waals surface area contributed by atoms with Crippen LogP contribution in [0.3, 0.4) is 0 Å². The summed E-state index contributed by atoms with van der Waals surface area (Å²) in [6.07, 6.45) is 0. The summed E-state index contributed by atoms with van der Waals surface area (Å²) < 4.78 is 53.1. The molecule has 1 amide bonds. The van der Waals surface area contributed by atoms with Gasteiger partial charge in [0.25, 0.3) is 5.91 Å². The van der Waals surface area contributed by atoms with E-state index in [4.69, 9.17) is 0 Å². The number of benzene rings is 1. The fraction of sp³-hybridized carbons (Fsp3) is 0.182. The van der Waals surface area contributed by atoms with E-state index in [1.807, 2.05) is 0 Å². The molecule has 10 nitrogen and oxygen atoms in total. The Hall–Kier alpha value is -2.97. The molecule has 0 aliphatic rings. The van der Waals surface area contributed by atoms with Crippen LogP contribution in [-0.4, -0.2) is 36.7 Å². The maximum Gasteiger partial charge on any atom is 0.514 e. The lowest BCUT2D eigenvalue weighted by Gasteiger charge is -2.07. The number of hydrogen-bond acceptors (Lipinski definition) is 7. The maximum absolute atomic E-state index is 13.7. The smallest absolute Gasteiger partial charge is 0.390 e. The summed E-state index contributed by atoms with van der Waals surface area (Å²) in [6, 6.07) is 0. The van der Waals surface area contributed by atoms with Crippen molar-refractivity contribution in [2.75, 3.05) is 0 Å². The molecule has 2 rings (SSSR count). The summed E-state index contributed by atoms with van der Waals surface area (Å²) in [4.78, 5) is 22.1. The summed E-state index contributed by atoms with van der Waals surface area (Å²) in [5.41, 5.74) is 0.228. The van der Waals surface area contributed by atoms with Crippen LogP contribution in [-0.2, 0) is 6.54 Å². The van der Waals surface area contributed by atoms with Crippen LogP contribution < -0.4 is 5.43 Å². The zero-order valence-corrected chi connectivity index (χ0v) is 14.1. The minimum atomic E-state index is -1.91. The summed E-state index contributed by atoms with van der Waals surface area (Å²) >= 11 is 2.32. The molecule has 0 fully saturated rings. The van der Waals surface area contributed by atoms with Crippen molar-refractivity contribution in [1.29, 1.82) is 0 Å². The summed E-state index contributed by atoms with van der Waals surface area (Å²) in [6.45, 7) is 1.04. The third-order valence-corrected chi connectivity index (χ3v) is 3.46.